The number of carbonyl (C=O) groups excluding carboxylic acids is 1. The van der Waals surface area contributed by atoms with E-state index in [4.69, 9.17) is 14.2 Å². The van der Waals surface area contributed by atoms with Crippen molar-refractivity contribution in [2.75, 3.05) is 13.2 Å². The van der Waals surface area contributed by atoms with Crippen LogP contribution in [0.25, 0.3) is 0 Å². The molecule has 2 saturated heterocycles. The number of ether oxygens (including phenoxy) is 3. The molecule has 2 bridgehead atoms. The molecule has 7 heteroatoms. The first kappa shape index (κ1) is 16.5. The molecule has 0 radical (unpaired) electrons. The van der Waals surface area contributed by atoms with Gasteiger partial charge in [-0.3, -0.25) is 4.79 Å². The van der Waals surface area contributed by atoms with Gasteiger partial charge < -0.3 is 29.5 Å². The molecule has 134 valence electrons. The Balaban J connectivity index is 1.87. The molecule has 4 rings (SSSR count). The fourth-order valence-corrected chi connectivity index (χ4v) is 5.26. The number of hydrogen-bond acceptors (Lipinski definition) is 7. The molecule has 8 atom stereocenters. The lowest BCUT2D eigenvalue weighted by Crippen LogP contribution is -2.67. The van der Waals surface area contributed by atoms with Crippen LogP contribution >= 0.6 is 0 Å². The van der Waals surface area contributed by atoms with Crippen molar-refractivity contribution in [2.45, 2.75) is 63.3 Å². The maximum atomic E-state index is 11.5. The molecule has 2 aliphatic heterocycles. The second-order valence-electron chi connectivity index (χ2n) is 7.86. The highest BCUT2D eigenvalue weighted by molar-refractivity contribution is 5.66. The topological polar surface area (TPSA) is 109 Å². The second kappa shape index (κ2) is 4.80. The van der Waals surface area contributed by atoms with Crippen molar-refractivity contribution in [1.29, 1.82) is 0 Å². The van der Waals surface area contributed by atoms with E-state index in [9.17, 15) is 20.1 Å². The Kier molecular flexibility index (Phi) is 3.29. The van der Waals surface area contributed by atoms with Gasteiger partial charge in [0.2, 0.25) is 0 Å². The van der Waals surface area contributed by atoms with E-state index in [-0.39, 0.29) is 13.0 Å². The minimum absolute atomic E-state index is 0.00799. The smallest absolute Gasteiger partial charge is 0.302 e. The minimum atomic E-state index is -1.09. The van der Waals surface area contributed by atoms with Crippen molar-refractivity contribution < 1.29 is 34.3 Å². The summed E-state index contributed by atoms with van der Waals surface area (Å²) in [5, 5.41) is 31.9. The summed E-state index contributed by atoms with van der Waals surface area (Å²) in [4.78, 5) is 11.5. The number of epoxide rings is 1. The molecular formula is C17H24O7. The van der Waals surface area contributed by atoms with E-state index in [0.717, 1.165) is 5.57 Å². The molecule has 0 aromatic rings. The lowest BCUT2D eigenvalue weighted by Gasteiger charge is -2.58. The summed E-state index contributed by atoms with van der Waals surface area (Å²) in [5.74, 6) is -0.437. The Morgan fingerprint density at radius 2 is 2.08 bits per heavy atom. The zero-order valence-electron chi connectivity index (χ0n) is 14.1. The van der Waals surface area contributed by atoms with Crippen LogP contribution in [-0.2, 0) is 19.0 Å². The Labute approximate surface area is 140 Å². The molecule has 1 spiro atoms. The van der Waals surface area contributed by atoms with E-state index in [1.165, 1.54) is 6.92 Å². The van der Waals surface area contributed by atoms with E-state index < -0.39 is 52.9 Å². The van der Waals surface area contributed by atoms with Crippen LogP contribution < -0.4 is 0 Å². The van der Waals surface area contributed by atoms with Crippen LogP contribution in [0, 0.1) is 10.8 Å². The molecule has 0 unspecified atom stereocenters. The van der Waals surface area contributed by atoms with Crippen LogP contribution in [0.4, 0.5) is 0 Å². The van der Waals surface area contributed by atoms with E-state index in [0.29, 0.717) is 6.61 Å². The van der Waals surface area contributed by atoms with Crippen molar-refractivity contribution in [1.82, 2.24) is 0 Å². The third-order valence-electron chi connectivity index (χ3n) is 6.92. The summed E-state index contributed by atoms with van der Waals surface area (Å²) in [6.07, 6.45) is -1.92. The average molecular weight is 340 g/mol. The summed E-state index contributed by atoms with van der Waals surface area (Å²) in [6.45, 7) is 5.36. The van der Waals surface area contributed by atoms with E-state index in [1.807, 2.05) is 19.9 Å². The Hall–Kier alpha value is -0.990. The summed E-state index contributed by atoms with van der Waals surface area (Å²) >= 11 is 0. The van der Waals surface area contributed by atoms with Crippen molar-refractivity contribution in [3.8, 4) is 0 Å². The minimum Gasteiger partial charge on any atom is -0.465 e. The van der Waals surface area contributed by atoms with Gasteiger partial charge in [-0.25, -0.2) is 0 Å². The van der Waals surface area contributed by atoms with Crippen LogP contribution in [0.15, 0.2) is 11.6 Å². The summed E-state index contributed by atoms with van der Waals surface area (Å²) in [5.41, 5.74) is -1.80. The maximum absolute atomic E-state index is 11.5. The number of rotatable bonds is 2. The van der Waals surface area contributed by atoms with Crippen molar-refractivity contribution >= 4 is 5.97 Å². The third-order valence-corrected chi connectivity index (χ3v) is 6.92. The molecule has 0 aromatic carbocycles. The van der Waals surface area contributed by atoms with Gasteiger partial charge in [0, 0.05) is 17.8 Å². The molecular weight excluding hydrogens is 316 g/mol. The van der Waals surface area contributed by atoms with Crippen LogP contribution in [0.5, 0.6) is 0 Å². The number of aliphatic hydroxyl groups is 3. The summed E-state index contributed by atoms with van der Waals surface area (Å²) in [6, 6.07) is 0. The lowest BCUT2D eigenvalue weighted by molar-refractivity contribution is -0.237. The van der Waals surface area contributed by atoms with Crippen molar-refractivity contribution in [3.05, 3.63) is 11.6 Å². The van der Waals surface area contributed by atoms with Gasteiger partial charge in [0.05, 0.1) is 24.9 Å². The first-order valence-electron chi connectivity index (χ1n) is 8.35. The molecule has 0 amide bonds. The average Bonchev–Trinajstić information content (AvgIpc) is 3.30. The van der Waals surface area contributed by atoms with Gasteiger partial charge in [0.25, 0.3) is 0 Å². The zero-order chi connectivity index (χ0) is 17.5. The molecule has 3 N–H and O–H groups in total. The van der Waals surface area contributed by atoms with Gasteiger partial charge in [-0.05, 0) is 18.9 Å². The molecule has 7 nitrogen and oxygen atoms in total. The standard InChI is InChI=1S/C17H24O7/c1-8-4-11-16(5-10(8)19,6-22-9(2)18)15(3)13(21)12(20)14(24-11)17(15)7-23-17/h4,10-14,19-21H,5-7H2,1-3H3/t10-,11+,12+,13-,14+,15+,16+,17-/m1/s1. The van der Waals surface area contributed by atoms with Crippen LogP contribution in [0.3, 0.4) is 0 Å². The van der Waals surface area contributed by atoms with E-state index >= 15 is 0 Å². The highest BCUT2D eigenvalue weighted by Gasteiger charge is 2.85. The van der Waals surface area contributed by atoms with E-state index in [2.05, 4.69) is 0 Å². The zero-order valence-corrected chi connectivity index (χ0v) is 14.1. The lowest BCUT2D eigenvalue weighted by atomic mass is 9.51. The monoisotopic (exact) mass is 340 g/mol. The Morgan fingerprint density at radius 1 is 1.42 bits per heavy atom. The number of hydrogen-bond donors (Lipinski definition) is 3. The highest BCUT2D eigenvalue weighted by Crippen LogP contribution is 2.71. The third kappa shape index (κ3) is 1.67. The number of esters is 1. The molecule has 24 heavy (non-hydrogen) atoms. The number of aliphatic hydroxyl groups excluding tert-OH is 3. The molecule has 4 aliphatic rings. The Morgan fingerprint density at radius 3 is 2.67 bits per heavy atom. The SMILES string of the molecule is CC(=O)OC[C@@]12C[C@@H](O)C(C)=C[C@@H]1O[C@H]1[C@@H](O)[C@@H](O)[C@]2(C)[C@@]12CO2. The van der Waals surface area contributed by atoms with Gasteiger partial charge in [-0.2, -0.15) is 0 Å². The first-order chi connectivity index (χ1) is 11.2. The molecule has 3 fully saturated rings. The van der Waals surface area contributed by atoms with Gasteiger partial charge >= 0.3 is 5.97 Å². The van der Waals surface area contributed by atoms with Crippen LogP contribution in [0.1, 0.15) is 27.2 Å². The van der Waals surface area contributed by atoms with Crippen LogP contribution in [0.2, 0.25) is 0 Å². The summed E-state index contributed by atoms with van der Waals surface area (Å²) in [7, 11) is 0. The molecule has 1 saturated carbocycles. The van der Waals surface area contributed by atoms with Gasteiger partial charge in [0.15, 0.2) is 0 Å². The fourth-order valence-electron chi connectivity index (χ4n) is 5.26. The van der Waals surface area contributed by atoms with Gasteiger partial charge in [-0.1, -0.05) is 13.0 Å². The van der Waals surface area contributed by atoms with Crippen molar-refractivity contribution in [3.63, 3.8) is 0 Å². The van der Waals surface area contributed by atoms with Gasteiger partial charge in [-0.15, -0.1) is 0 Å². The normalized spacial score (nSPS) is 55.1. The first-order valence-corrected chi connectivity index (χ1v) is 8.35. The predicted molar refractivity (Wildman–Crippen MR) is 80.9 cm³/mol. The van der Waals surface area contributed by atoms with Crippen molar-refractivity contribution in [2.24, 2.45) is 10.8 Å². The fraction of sp³-hybridized carbons (Fsp3) is 0.824. The maximum Gasteiger partial charge on any atom is 0.302 e. The van der Waals surface area contributed by atoms with E-state index in [1.54, 1.807) is 0 Å². The van der Waals surface area contributed by atoms with Crippen LogP contribution in [-0.4, -0.2) is 70.6 Å². The molecule has 2 aliphatic carbocycles. The highest BCUT2D eigenvalue weighted by atomic mass is 16.6. The molecule has 2 heterocycles. The largest absolute Gasteiger partial charge is 0.465 e. The summed E-state index contributed by atoms with van der Waals surface area (Å²) < 4.78 is 17.2. The number of fused-ring (bicyclic) bond motifs is 2. The quantitative estimate of drug-likeness (QED) is 0.354. The number of carbonyl (C=O) groups is 1. The Bertz CT molecular complexity index is 612. The predicted octanol–water partition coefficient (Wildman–Crippen LogP) is -0.475. The second-order valence-corrected chi connectivity index (χ2v) is 7.86. The van der Waals surface area contributed by atoms with Gasteiger partial charge in [0.1, 0.15) is 24.4 Å². The molecule has 0 aromatic heterocycles.